The number of nitrogens with zero attached hydrogens (tertiary/aromatic N) is 3. The van der Waals surface area contributed by atoms with Crippen LogP contribution >= 0.6 is 0 Å². The third kappa shape index (κ3) is 2.78. The van der Waals surface area contributed by atoms with Gasteiger partial charge in [-0.2, -0.15) is 5.26 Å². The number of likely N-dealkylation sites (N-methyl/N-ethyl adjacent to an activating group) is 1. The van der Waals surface area contributed by atoms with E-state index >= 15 is 0 Å². The van der Waals surface area contributed by atoms with Gasteiger partial charge >= 0.3 is 0 Å². The van der Waals surface area contributed by atoms with Gasteiger partial charge in [0.25, 0.3) is 0 Å². The van der Waals surface area contributed by atoms with Gasteiger partial charge in [-0.15, -0.1) is 0 Å². The fraction of sp³-hybridized carbons (Fsp3) is 0.500. The van der Waals surface area contributed by atoms with Gasteiger partial charge in [0.05, 0.1) is 11.6 Å². The van der Waals surface area contributed by atoms with Gasteiger partial charge in [-0.25, -0.2) is 0 Å². The second-order valence-corrected chi connectivity index (χ2v) is 4.75. The largest absolute Gasteiger partial charge is 0.370 e. The van der Waals surface area contributed by atoms with Crippen molar-refractivity contribution >= 4 is 5.69 Å². The van der Waals surface area contributed by atoms with Crippen molar-refractivity contribution in [3.8, 4) is 6.07 Å². The lowest BCUT2D eigenvalue weighted by Gasteiger charge is -2.23. The Morgan fingerprint density at radius 1 is 1.18 bits per heavy atom. The minimum Gasteiger partial charge on any atom is -0.370 e. The first-order valence-electron chi connectivity index (χ1n) is 6.15. The predicted molar refractivity (Wildman–Crippen MR) is 70.2 cm³/mol. The first-order valence-corrected chi connectivity index (χ1v) is 6.15. The summed E-state index contributed by atoms with van der Waals surface area (Å²) < 4.78 is 0. The molecule has 1 aromatic rings. The van der Waals surface area contributed by atoms with Crippen LogP contribution in [0, 0.1) is 18.3 Å². The fourth-order valence-corrected chi connectivity index (χ4v) is 2.27. The van der Waals surface area contributed by atoms with Crippen LogP contribution in [0.3, 0.4) is 0 Å². The third-order valence-corrected chi connectivity index (χ3v) is 3.42. The highest BCUT2D eigenvalue weighted by Gasteiger charge is 2.13. The summed E-state index contributed by atoms with van der Waals surface area (Å²) in [5, 5.41) is 8.93. The van der Waals surface area contributed by atoms with E-state index in [0.717, 1.165) is 30.8 Å². The normalized spacial score (nSPS) is 17.6. The smallest absolute Gasteiger partial charge is 0.0994 e. The van der Waals surface area contributed by atoms with E-state index in [1.54, 1.807) is 0 Å². The standard InChI is InChI=1S/C14H19N3/c1-12-10-14(5-4-13(12)11-15)17-7-3-6-16(2)8-9-17/h4-5,10H,3,6-9H2,1-2H3. The quantitative estimate of drug-likeness (QED) is 0.738. The highest BCUT2D eigenvalue weighted by molar-refractivity contribution is 5.53. The van der Waals surface area contributed by atoms with Crippen molar-refractivity contribution in [1.82, 2.24) is 4.90 Å². The fourth-order valence-electron chi connectivity index (χ4n) is 2.27. The SMILES string of the molecule is Cc1cc(N2CCCN(C)CC2)ccc1C#N. The monoisotopic (exact) mass is 229 g/mol. The van der Waals surface area contributed by atoms with Crippen LogP contribution in [0.5, 0.6) is 0 Å². The van der Waals surface area contributed by atoms with Crippen LogP contribution in [0.1, 0.15) is 17.5 Å². The lowest BCUT2D eigenvalue weighted by Crippen LogP contribution is -2.28. The number of benzene rings is 1. The molecule has 0 atom stereocenters. The van der Waals surface area contributed by atoms with E-state index in [2.05, 4.69) is 35.0 Å². The molecule has 0 spiro atoms. The van der Waals surface area contributed by atoms with E-state index in [4.69, 9.17) is 5.26 Å². The van der Waals surface area contributed by atoms with Crippen molar-refractivity contribution in [2.75, 3.05) is 38.1 Å². The van der Waals surface area contributed by atoms with E-state index in [9.17, 15) is 0 Å². The van der Waals surface area contributed by atoms with Gasteiger partial charge in [0.15, 0.2) is 0 Å². The molecule has 17 heavy (non-hydrogen) atoms. The zero-order chi connectivity index (χ0) is 12.3. The second-order valence-electron chi connectivity index (χ2n) is 4.75. The van der Waals surface area contributed by atoms with Gasteiger partial charge in [-0.1, -0.05) is 0 Å². The Morgan fingerprint density at radius 3 is 2.71 bits per heavy atom. The molecule has 3 heteroatoms. The maximum Gasteiger partial charge on any atom is 0.0994 e. The van der Waals surface area contributed by atoms with Gasteiger partial charge in [0, 0.05) is 25.3 Å². The number of aryl methyl sites for hydroxylation is 1. The van der Waals surface area contributed by atoms with Crippen LogP contribution in [0.4, 0.5) is 5.69 Å². The first kappa shape index (κ1) is 11.9. The molecule has 90 valence electrons. The summed E-state index contributed by atoms with van der Waals surface area (Å²) in [6.45, 7) is 6.47. The summed E-state index contributed by atoms with van der Waals surface area (Å²) in [7, 11) is 2.17. The maximum absolute atomic E-state index is 8.93. The minimum absolute atomic E-state index is 0.778. The molecular formula is C14H19N3. The molecule has 3 nitrogen and oxygen atoms in total. The van der Waals surface area contributed by atoms with E-state index < -0.39 is 0 Å². The average Bonchev–Trinajstić information content (AvgIpc) is 2.54. The van der Waals surface area contributed by atoms with Gasteiger partial charge in [-0.05, 0) is 50.7 Å². The van der Waals surface area contributed by atoms with Crippen molar-refractivity contribution in [1.29, 1.82) is 5.26 Å². The van der Waals surface area contributed by atoms with Gasteiger partial charge in [0.1, 0.15) is 0 Å². The first-order chi connectivity index (χ1) is 8.20. The molecule has 0 aliphatic carbocycles. The van der Waals surface area contributed by atoms with Crippen LogP contribution in [-0.2, 0) is 0 Å². The number of nitriles is 1. The van der Waals surface area contributed by atoms with Crippen LogP contribution < -0.4 is 4.90 Å². The molecule has 1 aliphatic heterocycles. The molecule has 0 saturated carbocycles. The Bertz CT molecular complexity index is 434. The van der Waals surface area contributed by atoms with Crippen molar-refractivity contribution < 1.29 is 0 Å². The van der Waals surface area contributed by atoms with Crippen molar-refractivity contribution in [3.05, 3.63) is 29.3 Å². The number of hydrogen-bond acceptors (Lipinski definition) is 3. The average molecular weight is 229 g/mol. The summed E-state index contributed by atoms with van der Waals surface area (Å²) in [5.74, 6) is 0. The van der Waals surface area contributed by atoms with Crippen LogP contribution in [0.2, 0.25) is 0 Å². The molecule has 1 aliphatic rings. The molecule has 2 rings (SSSR count). The summed E-state index contributed by atoms with van der Waals surface area (Å²) in [6.07, 6.45) is 1.20. The molecule has 1 heterocycles. The molecule has 0 bridgehead atoms. The molecule has 1 saturated heterocycles. The van der Waals surface area contributed by atoms with E-state index in [1.165, 1.54) is 18.7 Å². The highest BCUT2D eigenvalue weighted by Crippen LogP contribution is 2.20. The number of hydrogen-bond donors (Lipinski definition) is 0. The zero-order valence-corrected chi connectivity index (χ0v) is 10.6. The molecule has 0 aromatic heterocycles. The minimum atomic E-state index is 0.778. The van der Waals surface area contributed by atoms with Gasteiger partial charge in [-0.3, -0.25) is 0 Å². The van der Waals surface area contributed by atoms with Crippen LogP contribution in [0.15, 0.2) is 18.2 Å². The van der Waals surface area contributed by atoms with E-state index in [0.29, 0.717) is 0 Å². The van der Waals surface area contributed by atoms with Crippen LogP contribution in [-0.4, -0.2) is 38.1 Å². The number of rotatable bonds is 1. The Hall–Kier alpha value is -1.53. The Kier molecular flexibility index (Phi) is 3.65. The zero-order valence-electron chi connectivity index (χ0n) is 10.6. The highest BCUT2D eigenvalue weighted by atomic mass is 15.2. The topological polar surface area (TPSA) is 30.3 Å². The molecule has 1 aromatic carbocycles. The Labute approximate surface area is 103 Å². The number of anilines is 1. The summed E-state index contributed by atoms with van der Waals surface area (Å²) >= 11 is 0. The van der Waals surface area contributed by atoms with E-state index in [1.807, 2.05) is 13.0 Å². The molecule has 0 amide bonds. The molecule has 0 N–H and O–H groups in total. The van der Waals surface area contributed by atoms with Gasteiger partial charge < -0.3 is 9.80 Å². The van der Waals surface area contributed by atoms with Crippen LogP contribution in [0.25, 0.3) is 0 Å². The maximum atomic E-state index is 8.93. The second kappa shape index (κ2) is 5.20. The predicted octanol–water partition coefficient (Wildman–Crippen LogP) is 2.01. The summed E-state index contributed by atoms with van der Waals surface area (Å²) in [4.78, 5) is 4.79. The molecular weight excluding hydrogens is 210 g/mol. The third-order valence-electron chi connectivity index (χ3n) is 3.42. The molecule has 0 unspecified atom stereocenters. The van der Waals surface area contributed by atoms with Crippen molar-refractivity contribution in [3.63, 3.8) is 0 Å². The molecule has 0 radical (unpaired) electrons. The lowest BCUT2D eigenvalue weighted by atomic mass is 10.1. The Morgan fingerprint density at radius 2 is 2.00 bits per heavy atom. The Balaban J connectivity index is 2.17. The van der Waals surface area contributed by atoms with E-state index in [-0.39, 0.29) is 0 Å². The summed E-state index contributed by atoms with van der Waals surface area (Å²) in [6, 6.07) is 8.34. The lowest BCUT2D eigenvalue weighted by molar-refractivity contribution is 0.360. The summed E-state index contributed by atoms with van der Waals surface area (Å²) in [5.41, 5.74) is 3.10. The van der Waals surface area contributed by atoms with Crippen molar-refractivity contribution in [2.45, 2.75) is 13.3 Å². The molecule has 1 fully saturated rings. The van der Waals surface area contributed by atoms with Crippen molar-refractivity contribution in [2.24, 2.45) is 0 Å². The van der Waals surface area contributed by atoms with Gasteiger partial charge in [0.2, 0.25) is 0 Å².